The average Bonchev–Trinajstić information content (AvgIpc) is 2.83. The molecule has 0 saturated heterocycles. The second-order valence-electron chi connectivity index (χ2n) is 4.46. The topological polar surface area (TPSA) is 97.1 Å². The third-order valence-electron chi connectivity index (χ3n) is 2.95. The Kier molecular flexibility index (Phi) is 4.81. The normalized spacial score (nSPS) is 11.5. The fraction of sp³-hybridized carbons (Fsp3) is 0.308. The van der Waals surface area contributed by atoms with Gasteiger partial charge in [0, 0.05) is 11.4 Å². The molecule has 0 aliphatic heterocycles. The number of hydrogen-bond donors (Lipinski definition) is 3. The third kappa shape index (κ3) is 3.72. The number of hydrogen-bond acceptors (Lipinski definition) is 6. The first kappa shape index (κ1) is 15.7. The van der Waals surface area contributed by atoms with Crippen LogP contribution >= 0.6 is 11.3 Å². The highest BCUT2D eigenvalue weighted by Crippen LogP contribution is 2.24. The van der Waals surface area contributed by atoms with E-state index in [0.717, 1.165) is 10.6 Å². The molecule has 0 spiro atoms. The number of rotatable bonds is 6. The Bertz CT molecular complexity index is 726. The second-order valence-corrected chi connectivity index (χ2v) is 7.17. The van der Waals surface area contributed by atoms with Crippen LogP contribution in [-0.4, -0.2) is 19.9 Å². The molecule has 1 aromatic carbocycles. The Labute approximate surface area is 128 Å². The van der Waals surface area contributed by atoms with Crippen LogP contribution in [0.1, 0.15) is 17.5 Å². The van der Waals surface area contributed by atoms with Gasteiger partial charge in [0.2, 0.25) is 10.0 Å². The smallest absolute Gasteiger partial charge is 0.240 e. The van der Waals surface area contributed by atoms with E-state index in [0.29, 0.717) is 24.5 Å². The fourth-order valence-corrected chi connectivity index (χ4v) is 3.58. The van der Waals surface area contributed by atoms with Crippen LogP contribution in [0.15, 0.2) is 28.6 Å². The minimum Gasteiger partial charge on any atom is -0.397 e. The van der Waals surface area contributed by atoms with E-state index >= 15 is 0 Å². The maximum Gasteiger partial charge on any atom is 0.240 e. The first-order valence-corrected chi connectivity index (χ1v) is 8.82. The molecule has 2 rings (SSSR count). The fourth-order valence-electron chi connectivity index (χ4n) is 1.80. The van der Waals surface area contributed by atoms with Crippen molar-refractivity contribution in [2.75, 3.05) is 17.6 Å². The lowest BCUT2D eigenvalue weighted by atomic mass is 10.2. The molecular weight excluding hydrogens is 308 g/mol. The number of anilines is 2. The molecular formula is C13H18N4O2S2. The van der Waals surface area contributed by atoms with E-state index in [1.165, 1.54) is 6.07 Å². The number of thiazole rings is 1. The van der Waals surface area contributed by atoms with E-state index in [-0.39, 0.29) is 4.90 Å². The number of benzene rings is 1. The molecule has 0 fully saturated rings. The molecule has 0 bridgehead atoms. The Morgan fingerprint density at radius 1 is 1.38 bits per heavy atom. The highest BCUT2D eigenvalue weighted by atomic mass is 32.2. The van der Waals surface area contributed by atoms with Gasteiger partial charge in [-0.15, -0.1) is 11.3 Å². The zero-order valence-corrected chi connectivity index (χ0v) is 13.5. The van der Waals surface area contributed by atoms with Gasteiger partial charge in [-0.25, -0.2) is 18.1 Å². The minimum absolute atomic E-state index is 0.196. The van der Waals surface area contributed by atoms with Crippen molar-refractivity contribution in [3.8, 4) is 0 Å². The van der Waals surface area contributed by atoms with Crippen LogP contribution in [0.3, 0.4) is 0 Å². The second kappa shape index (κ2) is 6.42. The molecule has 2 aromatic rings. The minimum atomic E-state index is -3.49. The molecule has 0 radical (unpaired) electrons. The summed E-state index contributed by atoms with van der Waals surface area (Å²) < 4.78 is 26.4. The van der Waals surface area contributed by atoms with Gasteiger partial charge < -0.3 is 11.1 Å². The summed E-state index contributed by atoms with van der Waals surface area (Å²) in [6.45, 7) is 4.57. The van der Waals surface area contributed by atoms with Crippen molar-refractivity contribution in [2.45, 2.75) is 25.3 Å². The summed E-state index contributed by atoms with van der Waals surface area (Å²) in [5, 5.41) is 3.16. The number of nitrogen functional groups attached to an aromatic ring is 1. The summed E-state index contributed by atoms with van der Waals surface area (Å²) >= 11 is 1.55. The third-order valence-corrected chi connectivity index (χ3v) is 5.43. The highest BCUT2D eigenvalue weighted by Gasteiger charge is 2.14. The van der Waals surface area contributed by atoms with Gasteiger partial charge in [-0.2, -0.15) is 0 Å². The van der Waals surface area contributed by atoms with Gasteiger partial charge in [0.05, 0.1) is 34.0 Å². The van der Waals surface area contributed by atoms with Gasteiger partial charge in [-0.05, 0) is 25.1 Å². The molecule has 0 saturated carbocycles. The molecule has 1 heterocycles. The van der Waals surface area contributed by atoms with E-state index in [1.54, 1.807) is 35.9 Å². The molecule has 0 aliphatic carbocycles. The van der Waals surface area contributed by atoms with Gasteiger partial charge in [-0.1, -0.05) is 6.92 Å². The molecule has 114 valence electrons. The zero-order chi connectivity index (χ0) is 15.5. The molecule has 1 aromatic heterocycles. The highest BCUT2D eigenvalue weighted by molar-refractivity contribution is 7.89. The van der Waals surface area contributed by atoms with E-state index in [9.17, 15) is 8.42 Å². The summed E-state index contributed by atoms with van der Waals surface area (Å²) in [4.78, 5) is 5.46. The van der Waals surface area contributed by atoms with Gasteiger partial charge in [0.15, 0.2) is 0 Å². The van der Waals surface area contributed by atoms with Gasteiger partial charge >= 0.3 is 0 Å². The number of nitrogens with zero attached hydrogens (tertiary/aromatic N) is 1. The maximum atomic E-state index is 12.0. The van der Waals surface area contributed by atoms with Gasteiger partial charge in [0.1, 0.15) is 0 Å². The monoisotopic (exact) mass is 326 g/mol. The van der Waals surface area contributed by atoms with Crippen molar-refractivity contribution in [2.24, 2.45) is 0 Å². The quantitative estimate of drug-likeness (QED) is 0.705. The Morgan fingerprint density at radius 2 is 2.14 bits per heavy atom. The zero-order valence-electron chi connectivity index (χ0n) is 11.9. The molecule has 0 atom stereocenters. The molecule has 0 aliphatic rings. The maximum absolute atomic E-state index is 12.0. The average molecular weight is 326 g/mol. The van der Waals surface area contributed by atoms with Crippen LogP contribution in [0.5, 0.6) is 0 Å². The van der Waals surface area contributed by atoms with E-state index in [4.69, 9.17) is 5.73 Å². The molecule has 21 heavy (non-hydrogen) atoms. The van der Waals surface area contributed by atoms with Gasteiger partial charge in [0.25, 0.3) is 0 Å². The summed E-state index contributed by atoms with van der Waals surface area (Å²) in [7, 11) is -3.49. The molecule has 0 amide bonds. The molecule has 0 unspecified atom stereocenters. The summed E-state index contributed by atoms with van der Waals surface area (Å²) in [6.07, 6.45) is 0. The lowest BCUT2D eigenvalue weighted by Crippen LogP contribution is -2.23. The van der Waals surface area contributed by atoms with Crippen LogP contribution in [0.4, 0.5) is 11.4 Å². The summed E-state index contributed by atoms with van der Waals surface area (Å²) in [5.41, 5.74) is 9.74. The van der Waals surface area contributed by atoms with Crippen molar-refractivity contribution in [1.29, 1.82) is 0 Å². The van der Waals surface area contributed by atoms with Crippen LogP contribution in [0.25, 0.3) is 0 Å². The summed E-state index contributed by atoms with van der Waals surface area (Å²) in [5.74, 6) is 0. The van der Waals surface area contributed by atoms with Crippen LogP contribution < -0.4 is 15.8 Å². The Hall–Kier alpha value is -1.64. The number of nitrogens with one attached hydrogen (secondary N) is 2. The molecule has 8 heteroatoms. The predicted octanol–water partition coefficient (Wildman–Crippen LogP) is 1.94. The van der Waals surface area contributed by atoms with Gasteiger partial charge in [-0.3, -0.25) is 0 Å². The lowest BCUT2D eigenvalue weighted by molar-refractivity contribution is 0.584. The Morgan fingerprint density at radius 3 is 2.76 bits per heavy atom. The van der Waals surface area contributed by atoms with Crippen molar-refractivity contribution in [3.05, 3.63) is 34.3 Å². The predicted molar refractivity (Wildman–Crippen MR) is 85.9 cm³/mol. The lowest BCUT2D eigenvalue weighted by Gasteiger charge is -2.11. The van der Waals surface area contributed by atoms with E-state index < -0.39 is 10.0 Å². The van der Waals surface area contributed by atoms with Crippen molar-refractivity contribution in [3.63, 3.8) is 0 Å². The molecule has 6 nitrogen and oxygen atoms in total. The number of sulfonamides is 1. The Balaban J connectivity index is 2.22. The first-order valence-electron chi connectivity index (χ1n) is 6.46. The number of aryl methyl sites for hydroxylation is 1. The van der Waals surface area contributed by atoms with Crippen molar-refractivity contribution >= 4 is 32.7 Å². The largest absolute Gasteiger partial charge is 0.397 e. The number of aromatic nitrogens is 1. The van der Waals surface area contributed by atoms with Crippen molar-refractivity contribution < 1.29 is 8.42 Å². The first-order chi connectivity index (χ1) is 9.94. The standard InChI is InChI=1S/C13H18N4O2S2/c1-3-17-21(18,19)10-4-5-11(14)12(6-10)15-7-13-9(2)16-8-20-13/h4-6,8,15,17H,3,7,14H2,1-2H3. The summed E-state index contributed by atoms with van der Waals surface area (Å²) in [6, 6.07) is 4.63. The van der Waals surface area contributed by atoms with Crippen LogP contribution in [0.2, 0.25) is 0 Å². The molecule has 4 N–H and O–H groups in total. The van der Waals surface area contributed by atoms with Crippen molar-refractivity contribution in [1.82, 2.24) is 9.71 Å². The number of nitrogens with two attached hydrogens (primary N) is 1. The van der Waals surface area contributed by atoms with E-state index in [2.05, 4.69) is 15.0 Å². The van der Waals surface area contributed by atoms with Crippen LogP contribution in [0, 0.1) is 6.92 Å². The SMILES string of the molecule is CCNS(=O)(=O)c1ccc(N)c(NCc2scnc2C)c1. The van der Waals surface area contributed by atoms with E-state index in [1.807, 2.05) is 6.92 Å². The van der Waals surface area contributed by atoms with Crippen LogP contribution in [-0.2, 0) is 16.6 Å².